The topological polar surface area (TPSA) is 67.6 Å². The summed E-state index contributed by atoms with van der Waals surface area (Å²) in [6.45, 7) is 1.98. The molecule has 0 saturated carbocycles. The molecule has 19 heavy (non-hydrogen) atoms. The van der Waals surface area contributed by atoms with Gasteiger partial charge < -0.3 is 10.7 Å². The van der Waals surface area contributed by atoms with Gasteiger partial charge in [-0.25, -0.2) is 9.97 Å². The van der Waals surface area contributed by atoms with Gasteiger partial charge in [-0.15, -0.1) is 0 Å². The highest BCUT2D eigenvalue weighted by atomic mass is 35.5. The lowest BCUT2D eigenvalue weighted by Crippen LogP contribution is -1.89. The van der Waals surface area contributed by atoms with Crippen LogP contribution in [0.2, 0.25) is 10.0 Å². The van der Waals surface area contributed by atoms with Gasteiger partial charge >= 0.3 is 0 Å². The maximum Gasteiger partial charge on any atom is 0.178 e. The Labute approximate surface area is 119 Å². The molecule has 4 nitrogen and oxygen atoms in total. The van der Waals surface area contributed by atoms with Gasteiger partial charge in [0.15, 0.2) is 5.65 Å². The molecular weight excluding hydrogens is 283 g/mol. The number of fused-ring (bicyclic) bond motifs is 1. The van der Waals surface area contributed by atoms with E-state index in [1.54, 1.807) is 18.3 Å². The lowest BCUT2D eigenvalue weighted by atomic mass is 10.2. The quantitative estimate of drug-likeness (QED) is 0.670. The number of nitrogen functional groups attached to an aromatic ring is 1. The third kappa shape index (κ3) is 2.13. The first-order chi connectivity index (χ1) is 9.04. The van der Waals surface area contributed by atoms with Gasteiger partial charge in [-0.05, 0) is 30.7 Å². The summed E-state index contributed by atoms with van der Waals surface area (Å²) in [5.41, 5.74) is 9.46. The highest BCUT2D eigenvalue weighted by Gasteiger charge is 2.10. The van der Waals surface area contributed by atoms with Gasteiger partial charge in [0.05, 0.1) is 21.2 Å². The highest BCUT2D eigenvalue weighted by molar-refractivity contribution is 6.39. The number of aromatic nitrogens is 3. The number of nitrogens with two attached hydrogens (primary N) is 1. The summed E-state index contributed by atoms with van der Waals surface area (Å²) in [5, 5.41) is 0.819. The molecule has 3 N–H and O–H groups in total. The number of imidazole rings is 1. The molecule has 2 aromatic heterocycles. The molecule has 0 bridgehead atoms. The summed E-state index contributed by atoms with van der Waals surface area (Å²) < 4.78 is 0. The molecule has 0 fully saturated rings. The Kier molecular flexibility index (Phi) is 2.84. The second kappa shape index (κ2) is 4.40. The molecule has 0 aliphatic heterocycles. The number of anilines is 1. The van der Waals surface area contributed by atoms with E-state index in [2.05, 4.69) is 15.0 Å². The van der Waals surface area contributed by atoms with Crippen molar-refractivity contribution in [2.24, 2.45) is 0 Å². The SMILES string of the molecule is Cc1cnc2nc(-c3cc(Cl)c(N)c(Cl)c3)[nH]c2c1. The Morgan fingerprint density at radius 1 is 1.16 bits per heavy atom. The van der Waals surface area contributed by atoms with Crippen LogP contribution in [0.5, 0.6) is 0 Å². The van der Waals surface area contributed by atoms with E-state index in [0.29, 0.717) is 27.2 Å². The van der Waals surface area contributed by atoms with Crippen molar-refractivity contribution in [2.45, 2.75) is 6.92 Å². The predicted octanol–water partition coefficient (Wildman–Crippen LogP) is 3.82. The lowest BCUT2D eigenvalue weighted by molar-refractivity contribution is 1.28. The third-order valence-corrected chi connectivity index (χ3v) is 3.45. The predicted molar refractivity (Wildman–Crippen MR) is 78.5 cm³/mol. The van der Waals surface area contributed by atoms with Gasteiger partial charge in [0.1, 0.15) is 5.82 Å². The van der Waals surface area contributed by atoms with Crippen LogP contribution in [0.1, 0.15) is 5.56 Å². The monoisotopic (exact) mass is 292 g/mol. The Hall–Kier alpha value is -1.78. The van der Waals surface area contributed by atoms with Gasteiger partial charge in [-0.1, -0.05) is 23.2 Å². The molecule has 0 amide bonds. The molecule has 3 rings (SSSR count). The fourth-order valence-corrected chi connectivity index (χ4v) is 2.35. The number of pyridine rings is 1. The van der Waals surface area contributed by atoms with E-state index in [4.69, 9.17) is 28.9 Å². The second-order valence-corrected chi connectivity index (χ2v) is 5.14. The molecule has 2 heterocycles. The van der Waals surface area contributed by atoms with Crippen molar-refractivity contribution in [3.8, 4) is 11.4 Å². The highest BCUT2D eigenvalue weighted by Crippen LogP contribution is 2.32. The normalized spacial score (nSPS) is 11.1. The summed E-state index contributed by atoms with van der Waals surface area (Å²) >= 11 is 12.1. The average Bonchev–Trinajstić information content (AvgIpc) is 2.78. The van der Waals surface area contributed by atoms with Crippen molar-refractivity contribution in [3.05, 3.63) is 40.0 Å². The third-order valence-electron chi connectivity index (χ3n) is 2.83. The fourth-order valence-electron chi connectivity index (χ4n) is 1.86. The van der Waals surface area contributed by atoms with E-state index < -0.39 is 0 Å². The van der Waals surface area contributed by atoms with Gasteiger partial charge in [0.2, 0.25) is 0 Å². The van der Waals surface area contributed by atoms with Gasteiger partial charge in [-0.3, -0.25) is 0 Å². The number of aryl methyl sites for hydroxylation is 1. The maximum absolute atomic E-state index is 6.03. The van der Waals surface area contributed by atoms with Crippen molar-refractivity contribution in [3.63, 3.8) is 0 Å². The molecule has 0 aliphatic carbocycles. The van der Waals surface area contributed by atoms with Crippen LogP contribution in [0.15, 0.2) is 24.4 Å². The molecule has 96 valence electrons. The molecular formula is C13H10Cl2N4. The van der Waals surface area contributed by atoms with Crippen molar-refractivity contribution in [2.75, 3.05) is 5.73 Å². The molecule has 0 aliphatic rings. The number of H-pyrrole nitrogens is 1. The van der Waals surface area contributed by atoms with Gasteiger partial charge in [0, 0.05) is 11.8 Å². The summed E-state index contributed by atoms with van der Waals surface area (Å²) in [5.74, 6) is 0.664. The van der Waals surface area contributed by atoms with Crippen LogP contribution in [-0.4, -0.2) is 15.0 Å². The van der Waals surface area contributed by atoms with Crippen LogP contribution in [-0.2, 0) is 0 Å². The zero-order chi connectivity index (χ0) is 13.6. The average molecular weight is 293 g/mol. The Morgan fingerprint density at radius 2 is 1.84 bits per heavy atom. The molecule has 0 spiro atoms. The number of aromatic amines is 1. The standard InChI is InChI=1S/C13H10Cl2N4/c1-6-2-10-13(17-5-6)19-12(18-10)7-3-8(14)11(16)9(15)4-7/h2-5H,16H2,1H3,(H,17,18,19). The molecule has 6 heteroatoms. The number of benzene rings is 1. The van der Waals surface area contributed by atoms with Crippen molar-refractivity contribution >= 4 is 40.1 Å². The largest absolute Gasteiger partial charge is 0.396 e. The van der Waals surface area contributed by atoms with E-state index in [9.17, 15) is 0 Å². The van der Waals surface area contributed by atoms with Crippen molar-refractivity contribution < 1.29 is 0 Å². The molecule has 0 radical (unpaired) electrons. The number of rotatable bonds is 1. The number of nitrogens with zero attached hydrogens (tertiary/aromatic N) is 2. The van der Waals surface area contributed by atoms with Crippen LogP contribution in [0.4, 0.5) is 5.69 Å². The van der Waals surface area contributed by atoms with Gasteiger partial charge in [-0.2, -0.15) is 0 Å². The summed E-state index contributed by atoms with van der Waals surface area (Å²) in [7, 11) is 0. The first-order valence-corrected chi connectivity index (χ1v) is 6.37. The maximum atomic E-state index is 6.03. The fraction of sp³-hybridized carbons (Fsp3) is 0.0769. The van der Waals surface area contributed by atoms with Gasteiger partial charge in [0.25, 0.3) is 0 Å². The molecule has 3 aromatic rings. The van der Waals surface area contributed by atoms with E-state index >= 15 is 0 Å². The van der Waals surface area contributed by atoms with Crippen LogP contribution in [0.25, 0.3) is 22.6 Å². The Balaban J connectivity index is 2.19. The molecule has 0 saturated heterocycles. The van der Waals surface area contributed by atoms with E-state index in [-0.39, 0.29) is 0 Å². The lowest BCUT2D eigenvalue weighted by Gasteiger charge is -2.03. The van der Waals surface area contributed by atoms with E-state index in [1.165, 1.54) is 0 Å². The summed E-state index contributed by atoms with van der Waals surface area (Å²) in [6, 6.07) is 5.44. The van der Waals surface area contributed by atoms with Crippen LogP contribution in [0.3, 0.4) is 0 Å². The first-order valence-electron chi connectivity index (χ1n) is 5.62. The minimum absolute atomic E-state index is 0.372. The molecule has 1 aromatic carbocycles. The Morgan fingerprint density at radius 3 is 2.53 bits per heavy atom. The van der Waals surface area contributed by atoms with Crippen LogP contribution >= 0.6 is 23.2 Å². The van der Waals surface area contributed by atoms with Crippen molar-refractivity contribution in [1.29, 1.82) is 0 Å². The summed E-state index contributed by atoms with van der Waals surface area (Å²) in [6.07, 6.45) is 1.77. The minimum atomic E-state index is 0.372. The first kappa shape index (κ1) is 12.3. The second-order valence-electron chi connectivity index (χ2n) is 4.32. The number of hydrogen-bond donors (Lipinski definition) is 2. The van der Waals surface area contributed by atoms with E-state index in [1.807, 2.05) is 13.0 Å². The number of nitrogens with one attached hydrogen (secondary N) is 1. The Bertz CT molecular complexity index is 756. The van der Waals surface area contributed by atoms with Crippen LogP contribution < -0.4 is 5.73 Å². The number of hydrogen-bond acceptors (Lipinski definition) is 3. The van der Waals surface area contributed by atoms with Crippen molar-refractivity contribution in [1.82, 2.24) is 15.0 Å². The smallest absolute Gasteiger partial charge is 0.178 e. The summed E-state index contributed by atoms with van der Waals surface area (Å²) in [4.78, 5) is 11.9. The van der Waals surface area contributed by atoms with E-state index in [0.717, 1.165) is 16.6 Å². The number of halogens is 2. The molecule has 0 atom stereocenters. The minimum Gasteiger partial charge on any atom is -0.396 e. The molecule has 0 unspecified atom stereocenters. The zero-order valence-electron chi connectivity index (χ0n) is 10.0. The van der Waals surface area contributed by atoms with Crippen LogP contribution in [0, 0.1) is 6.92 Å². The zero-order valence-corrected chi connectivity index (χ0v) is 11.5.